The van der Waals surface area contributed by atoms with E-state index in [-0.39, 0.29) is 24.7 Å². The van der Waals surface area contributed by atoms with Crippen molar-refractivity contribution in [1.82, 2.24) is 4.90 Å². The van der Waals surface area contributed by atoms with E-state index in [0.29, 0.717) is 6.04 Å². The first-order valence-corrected chi connectivity index (χ1v) is 7.50. The van der Waals surface area contributed by atoms with Crippen molar-refractivity contribution in [3.63, 3.8) is 0 Å². The summed E-state index contributed by atoms with van der Waals surface area (Å²) in [5, 5.41) is 0. The van der Waals surface area contributed by atoms with E-state index in [1.807, 2.05) is 39.6 Å². The van der Waals surface area contributed by atoms with Crippen molar-refractivity contribution in [1.29, 1.82) is 0 Å². The Morgan fingerprint density at radius 2 is 2.00 bits per heavy atom. The number of thioether (sulfide) groups is 1. The molecule has 0 aliphatic carbocycles. The first-order chi connectivity index (χ1) is 8.29. The fourth-order valence-electron chi connectivity index (χ4n) is 1.81. The van der Waals surface area contributed by atoms with Gasteiger partial charge >= 0.3 is 5.97 Å². The summed E-state index contributed by atoms with van der Waals surface area (Å²) in [6.45, 7) is 5.48. The molecule has 0 N–H and O–H groups in total. The molecule has 1 atom stereocenters. The van der Waals surface area contributed by atoms with Gasteiger partial charge in [0.15, 0.2) is 0 Å². The lowest BCUT2D eigenvalue weighted by atomic mass is 10.2. The molecule has 0 spiro atoms. The van der Waals surface area contributed by atoms with Crippen molar-refractivity contribution < 1.29 is 14.3 Å². The van der Waals surface area contributed by atoms with Crippen molar-refractivity contribution in [2.45, 2.75) is 51.7 Å². The maximum absolute atomic E-state index is 11.9. The first-order valence-electron chi connectivity index (χ1n) is 6.35. The van der Waals surface area contributed by atoms with E-state index in [1.165, 1.54) is 0 Å². The van der Waals surface area contributed by atoms with Crippen LogP contribution in [0.15, 0.2) is 0 Å². The molecule has 0 aromatic carbocycles. The van der Waals surface area contributed by atoms with Crippen LogP contribution < -0.4 is 0 Å². The predicted molar refractivity (Wildman–Crippen MR) is 73.6 cm³/mol. The number of amides is 1. The highest BCUT2D eigenvalue weighted by molar-refractivity contribution is 7.99. The Kier molecular flexibility index (Phi) is 5.50. The van der Waals surface area contributed by atoms with Gasteiger partial charge in [0.1, 0.15) is 5.60 Å². The zero-order valence-corrected chi connectivity index (χ0v) is 12.5. The smallest absolute Gasteiger partial charge is 0.306 e. The second-order valence-corrected chi connectivity index (χ2v) is 6.76. The molecule has 0 aromatic rings. The lowest BCUT2D eigenvalue weighted by Gasteiger charge is -2.24. The van der Waals surface area contributed by atoms with Crippen molar-refractivity contribution >= 4 is 23.6 Å². The van der Waals surface area contributed by atoms with Crippen LogP contribution in [-0.4, -0.2) is 47.0 Å². The summed E-state index contributed by atoms with van der Waals surface area (Å²) in [5.74, 6) is 1.86. The minimum atomic E-state index is -0.478. The lowest BCUT2D eigenvalue weighted by Crippen LogP contribution is -2.37. The van der Waals surface area contributed by atoms with Crippen molar-refractivity contribution in [3.05, 3.63) is 0 Å². The summed E-state index contributed by atoms with van der Waals surface area (Å²) in [5.41, 5.74) is -0.478. The van der Waals surface area contributed by atoms with E-state index in [1.54, 1.807) is 4.90 Å². The molecule has 1 aliphatic heterocycles. The summed E-state index contributed by atoms with van der Waals surface area (Å²) in [4.78, 5) is 25.2. The molecule has 4 nitrogen and oxygen atoms in total. The zero-order chi connectivity index (χ0) is 13.8. The Balaban J connectivity index is 2.29. The number of ether oxygens (including phenoxy) is 1. The van der Waals surface area contributed by atoms with Crippen LogP contribution in [0.5, 0.6) is 0 Å². The molecule has 0 aromatic heterocycles. The van der Waals surface area contributed by atoms with Gasteiger partial charge in [-0.15, -0.1) is 0 Å². The number of rotatable bonds is 4. The Morgan fingerprint density at radius 3 is 2.50 bits per heavy atom. The normalized spacial score (nSPS) is 19.7. The van der Waals surface area contributed by atoms with E-state index < -0.39 is 5.60 Å². The van der Waals surface area contributed by atoms with Gasteiger partial charge in [-0.05, 0) is 32.9 Å². The van der Waals surface area contributed by atoms with E-state index in [2.05, 4.69) is 0 Å². The number of nitrogens with zero attached hydrogens (tertiary/aromatic N) is 1. The maximum Gasteiger partial charge on any atom is 0.306 e. The molecule has 1 amide bonds. The Bertz CT molecular complexity index is 306. The fraction of sp³-hybridized carbons (Fsp3) is 0.846. The number of carbonyl (C=O) groups is 2. The molecule has 0 radical (unpaired) electrons. The van der Waals surface area contributed by atoms with Crippen molar-refractivity contribution in [2.75, 3.05) is 18.6 Å². The van der Waals surface area contributed by atoms with Gasteiger partial charge in [0.05, 0.1) is 6.42 Å². The molecule has 1 rings (SSSR count). The molecule has 0 saturated carbocycles. The van der Waals surface area contributed by atoms with Crippen LogP contribution in [0.3, 0.4) is 0 Å². The standard InChI is InChI=1S/C13H23NO3S/c1-13(2,3)17-12(16)6-5-11(15)14(4)10-7-8-18-9-10/h10H,5-9H2,1-4H3. The molecule has 104 valence electrons. The average molecular weight is 273 g/mol. The second-order valence-electron chi connectivity index (χ2n) is 5.61. The molecule has 1 aliphatic rings. The maximum atomic E-state index is 11.9. The molecule has 0 bridgehead atoms. The lowest BCUT2D eigenvalue weighted by molar-refractivity contribution is -0.156. The highest BCUT2D eigenvalue weighted by Crippen LogP contribution is 2.22. The zero-order valence-electron chi connectivity index (χ0n) is 11.7. The van der Waals surface area contributed by atoms with E-state index in [9.17, 15) is 9.59 Å². The molecule has 1 saturated heterocycles. The largest absolute Gasteiger partial charge is 0.460 e. The van der Waals surface area contributed by atoms with Crippen LogP contribution in [0.4, 0.5) is 0 Å². The van der Waals surface area contributed by atoms with E-state index >= 15 is 0 Å². The fourth-order valence-corrected chi connectivity index (χ4v) is 3.08. The van der Waals surface area contributed by atoms with Crippen LogP contribution in [0.2, 0.25) is 0 Å². The monoisotopic (exact) mass is 273 g/mol. The summed E-state index contributed by atoms with van der Waals surface area (Å²) >= 11 is 1.87. The Hall–Kier alpha value is -0.710. The van der Waals surface area contributed by atoms with Gasteiger partial charge in [0.2, 0.25) is 5.91 Å². The van der Waals surface area contributed by atoms with Gasteiger partial charge < -0.3 is 9.64 Å². The number of esters is 1. The second kappa shape index (κ2) is 6.45. The molecular formula is C13H23NO3S. The van der Waals surface area contributed by atoms with Crippen LogP contribution >= 0.6 is 11.8 Å². The minimum Gasteiger partial charge on any atom is -0.460 e. The molecule has 5 heteroatoms. The third-order valence-corrected chi connectivity index (χ3v) is 3.95. The topological polar surface area (TPSA) is 46.6 Å². The van der Waals surface area contributed by atoms with Crippen LogP contribution in [0.1, 0.15) is 40.0 Å². The Labute approximate surface area is 113 Å². The molecule has 18 heavy (non-hydrogen) atoms. The molecule has 1 unspecified atom stereocenters. The summed E-state index contributed by atoms with van der Waals surface area (Å²) in [6.07, 6.45) is 1.46. The number of carbonyl (C=O) groups excluding carboxylic acids is 2. The number of hydrogen-bond acceptors (Lipinski definition) is 4. The van der Waals surface area contributed by atoms with Gasteiger partial charge in [-0.1, -0.05) is 0 Å². The van der Waals surface area contributed by atoms with Crippen molar-refractivity contribution in [2.24, 2.45) is 0 Å². The first kappa shape index (κ1) is 15.3. The minimum absolute atomic E-state index is 0.0355. The van der Waals surface area contributed by atoms with Gasteiger partial charge in [-0.25, -0.2) is 0 Å². The molecular weight excluding hydrogens is 250 g/mol. The van der Waals surface area contributed by atoms with Gasteiger partial charge in [0.25, 0.3) is 0 Å². The van der Waals surface area contributed by atoms with Crippen LogP contribution in [0.25, 0.3) is 0 Å². The van der Waals surface area contributed by atoms with Crippen LogP contribution in [-0.2, 0) is 14.3 Å². The quantitative estimate of drug-likeness (QED) is 0.736. The molecule has 1 fully saturated rings. The van der Waals surface area contributed by atoms with Crippen LogP contribution in [0, 0.1) is 0 Å². The predicted octanol–water partition coefficient (Wildman–Crippen LogP) is 2.07. The van der Waals surface area contributed by atoms with E-state index in [0.717, 1.165) is 17.9 Å². The van der Waals surface area contributed by atoms with Gasteiger partial charge in [-0.2, -0.15) is 11.8 Å². The highest BCUT2D eigenvalue weighted by atomic mass is 32.2. The van der Waals surface area contributed by atoms with Gasteiger partial charge in [0, 0.05) is 25.3 Å². The average Bonchev–Trinajstić information content (AvgIpc) is 2.75. The summed E-state index contributed by atoms with van der Waals surface area (Å²) < 4.78 is 5.18. The SMILES string of the molecule is CN(C(=O)CCC(=O)OC(C)(C)C)C1CCSC1. The third-order valence-electron chi connectivity index (χ3n) is 2.81. The summed E-state index contributed by atoms with van der Waals surface area (Å²) in [7, 11) is 1.83. The molecule has 1 heterocycles. The third kappa shape index (κ3) is 5.29. The highest BCUT2D eigenvalue weighted by Gasteiger charge is 2.24. The van der Waals surface area contributed by atoms with Gasteiger partial charge in [-0.3, -0.25) is 9.59 Å². The number of hydrogen-bond donors (Lipinski definition) is 0. The summed E-state index contributed by atoms with van der Waals surface area (Å²) in [6, 6.07) is 0.334. The van der Waals surface area contributed by atoms with E-state index in [4.69, 9.17) is 4.74 Å². The Morgan fingerprint density at radius 1 is 1.33 bits per heavy atom. The van der Waals surface area contributed by atoms with Crippen molar-refractivity contribution in [3.8, 4) is 0 Å².